The normalized spacial score (nSPS) is 24.4. The summed E-state index contributed by atoms with van der Waals surface area (Å²) in [6, 6.07) is 8.19. The number of hydrogen-bond donors (Lipinski definition) is 2. The molecule has 1 aromatic carbocycles. The Morgan fingerprint density at radius 3 is 2.73 bits per heavy atom. The average Bonchev–Trinajstić information content (AvgIpc) is 2.27. The van der Waals surface area contributed by atoms with E-state index in [1.54, 1.807) is 7.05 Å². The Labute approximate surface area is 89.7 Å². The number of nitrogens with two attached hydrogens (primary N) is 1. The van der Waals surface area contributed by atoms with Gasteiger partial charge in [0.2, 0.25) is 5.91 Å². The largest absolute Gasteiger partial charge is 0.358 e. The number of hydrogen-bond acceptors (Lipinski definition) is 2. The molecule has 0 aromatic heterocycles. The Balaban J connectivity index is 2.28. The molecule has 1 atom stereocenters. The van der Waals surface area contributed by atoms with Gasteiger partial charge in [0.25, 0.3) is 0 Å². The predicted molar refractivity (Wildman–Crippen MR) is 59.5 cm³/mol. The van der Waals surface area contributed by atoms with Gasteiger partial charge in [0.05, 0.1) is 5.54 Å². The molecule has 3 nitrogen and oxygen atoms in total. The van der Waals surface area contributed by atoms with Gasteiger partial charge in [-0.15, -0.1) is 0 Å². The molecular weight excluding hydrogens is 188 g/mol. The molecule has 0 saturated carbocycles. The van der Waals surface area contributed by atoms with E-state index >= 15 is 0 Å². The van der Waals surface area contributed by atoms with Crippen LogP contribution in [0.2, 0.25) is 0 Å². The van der Waals surface area contributed by atoms with E-state index in [4.69, 9.17) is 5.73 Å². The first-order valence-corrected chi connectivity index (χ1v) is 5.23. The van der Waals surface area contributed by atoms with Crippen LogP contribution in [0.4, 0.5) is 0 Å². The summed E-state index contributed by atoms with van der Waals surface area (Å²) >= 11 is 0. The second-order valence-corrected chi connectivity index (χ2v) is 4.18. The molecular formula is C12H16N2O. The molecule has 1 aliphatic carbocycles. The number of fused-ring (bicyclic) bond motifs is 1. The molecule has 1 unspecified atom stereocenters. The third-order valence-electron chi connectivity index (χ3n) is 3.14. The molecule has 80 valence electrons. The minimum Gasteiger partial charge on any atom is -0.358 e. The van der Waals surface area contributed by atoms with Crippen molar-refractivity contribution in [1.29, 1.82) is 0 Å². The van der Waals surface area contributed by atoms with Gasteiger partial charge in [-0.05, 0) is 30.4 Å². The average molecular weight is 204 g/mol. The number of amides is 1. The van der Waals surface area contributed by atoms with E-state index in [0.29, 0.717) is 6.42 Å². The van der Waals surface area contributed by atoms with Crippen molar-refractivity contribution in [1.82, 2.24) is 5.32 Å². The summed E-state index contributed by atoms with van der Waals surface area (Å²) in [5.41, 5.74) is 7.92. The van der Waals surface area contributed by atoms with Gasteiger partial charge in [-0.2, -0.15) is 0 Å². The molecule has 0 radical (unpaired) electrons. The molecule has 0 heterocycles. The van der Waals surface area contributed by atoms with Gasteiger partial charge >= 0.3 is 0 Å². The molecule has 0 aliphatic heterocycles. The predicted octanol–water partition coefficient (Wildman–Crippen LogP) is 0.619. The van der Waals surface area contributed by atoms with Crippen LogP contribution < -0.4 is 11.1 Å². The molecule has 0 spiro atoms. The first-order chi connectivity index (χ1) is 7.15. The fraction of sp³-hybridized carbons (Fsp3) is 0.417. The number of aryl methyl sites for hydroxylation is 1. The van der Waals surface area contributed by atoms with Crippen LogP contribution in [-0.4, -0.2) is 18.5 Å². The topological polar surface area (TPSA) is 55.1 Å². The van der Waals surface area contributed by atoms with Gasteiger partial charge in [0, 0.05) is 7.05 Å². The number of carbonyl (C=O) groups excluding carboxylic acids is 1. The van der Waals surface area contributed by atoms with E-state index in [2.05, 4.69) is 17.4 Å². The third kappa shape index (κ3) is 1.75. The lowest BCUT2D eigenvalue weighted by Crippen LogP contribution is -2.56. The van der Waals surface area contributed by atoms with Crippen molar-refractivity contribution >= 4 is 5.91 Å². The number of benzene rings is 1. The zero-order chi connectivity index (χ0) is 10.9. The second kappa shape index (κ2) is 3.66. The summed E-state index contributed by atoms with van der Waals surface area (Å²) in [5, 5.41) is 2.64. The van der Waals surface area contributed by atoms with Crippen molar-refractivity contribution in [3.05, 3.63) is 35.4 Å². The quantitative estimate of drug-likeness (QED) is 0.704. The minimum absolute atomic E-state index is 0.0583. The molecule has 3 N–H and O–H groups in total. The lowest BCUT2D eigenvalue weighted by atomic mass is 9.78. The zero-order valence-corrected chi connectivity index (χ0v) is 8.92. The van der Waals surface area contributed by atoms with Crippen LogP contribution in [0.3, 0.4) is 0 Å². The van der Waals surface area contributed by atoms with Gasteiger partial charge in [-0.3, -0.25) is 4.79 Å². The maximum atomic E-state index is 11.7. The Kier molecular flexibility index (Phi) is 2.49. The van der Waals surface area contributed by atoms with E-state index in [9.17, 15) is 4.79 Å². The van der Waals surface area contributed by atoms with Crippen LogP contribution in [0.15, 0.2) is 24.3 Å². The summed E-state index contributed by atoms with van der Waals surface area (Å²) in [7, 11) is 1.64. The first kappa shape index (κ1) is 10.2. The molecule has 0 saturated heterocycles. The van der Waals surface area contributed by atoms with Crippen molar-refractivity contribution in [3.8, 4) is 0 Å². The smallest absolute Gasteiger partial charge is 0.240 e. The number of rotatable bonds is 1. The van der Waals surface area contributed by atoms with Crippen molar-refractivity contribution in [2.45, 2.75) is 24.8 Å². The molecule has 0 fully saturated rings. The second-order valence-electron chi connectivity index (χ2n) is 4.18. The fourth-order valence-electron chi connectivity index (χ4n) is 2.20. The maximum absolute atomic E-state index is 11.7. The summed E-state index contributed by atoms with van der Waals surface area (Å²) in [4.78, 5) is 11.7. The van der Waals surface area contributed by atoms with Crippen LogP contribution in [0.1, 0.15) is 17.5 Å². The standard InChI is InChI=1S/C12H16N2O/c1-14-11(15)12(13)7-6-9-4-2-3-5-10(9)8-12/h2-5H,6-8,13H2,1H3,(H,14,15). The third-order valence-corrected chi connectivity index (χ3v) is 3.14. The Morgan fingerprint density at radius 1 is 1.40 bits per heavy atom. The minimum atomic E-state index is -0.719. The van der Waals surface area contributed by atoms with Crippen LogP contribution in [0.25, 0.3) is 0 Å². The first-order valence-electron chi connectivity index (χ1n) is 5.23. The van der Waals surface area contributed by atoms with E-state index in [0.717, 1.165) is 12.8 Å². The van der Waals surface area contributed by atoms with E-state index in [-0.39, 0.29) is 5.91 Å². The van der Waals surface area contributed by atoms with Gasteiger partial charge in [-0.25, -0.2) is 0 Å². The Bertz CT molecular complexity index is 389. The van der Waals surface area contributed by atoms with E-state index in [1.807, 2.05) is 12.1 Å². The van der Waals surface area contributed by atoms with E-state index < -0.39 is 5.54 Å². The highest BCUT2D eigenvalue weighted by Gasteiger charge is 2.36. The Morgan fingerprint density at radius 2 is 2.07 bits per heavy atom. The van der Waals surface area contributed by atoms with Crippen molar-refractivity contribution in [2.75, 3.05) is 7.05 Å². The molecule has 15 heavy (non-hydrogen) atoms. The molecule has 3 heteroatoms. The van der Waals surface area contributed by atoms with Gasteiger partial charge < -0.3 is 11.1 Å². The van der Waals surface area contributed by atoms with Crippen LogP contribution in [-0.2, 0) is 17.6 Å². The summed E-state index contributed by atoms with van der Waals surface area (Å²) < 4.78 is 0. The van der Waals surface area contributed by atoms with Crippen LogP contribution in [0.5, 0.6) is 0 Å². The zero-order valence-electron chi connectivity index (χ0n) is 8.92. The summed E-state index contributed by atoms with van der Waals surface area (Å²) in [5.74, 6) is -0.0583. The lowest BCUT2D eigenvalue weighted by Gasteiger charge is -2.32. The molecule has 1 aliphatic rings. The molecule has 1 aromatic rings. The van der Waals surface area contributed by atoms with Crippen LogP contribution in [0, 0.1) is 0 Å². The van der Waals surface area contributed by atoms with E-state index in [1.165, 1.54) is 11.1 Å². The molecule has 2 rings (SSSR count). The summed E-state index contributed by atoms with van der Waals surface area (Å²) in [6.07, 6.45) is 2.26. The number of nitrogens with one attached hydrogen (secondary N) is 1. The lowest BCUT2D eigenvalue weighted by molar-refractivity contribution is -0.126. The maximum Gasteiger partial charge on any atom is 0.240 e. The van der Waals surface area contributed by atoms with Crippen molar-refractivity contribution in [2.24, 2.45) is 5.73 Å². The highest BCUT2D eigenvalue weighted by molar-refractivity contribution is 5.86. The summed E-state index contributed by atoms with van der Waals surface area (Å²) in [6.45, 7) is 0. The number of likely N-dealkylation sites (N-methyl/N-ethyl adjacent to an activating group) is 1. The van der Waals surface area contributed by atoms with Gasteiger partial charge in [0.15, 0.2) is 0 Å². The Hall–Kier alpha value is -1.35. The monoisotopic (exact) mass is 204 g/mol. The SMILES string of the molecule is CNC(=O)C1(N)CCc2ccccc2C1. The van der Waals surface area contributed by atoms with Crippen molar-refractivity contribution in [3.63, 3.8) is 0 Å². The van der Waals surface area contributed by atoms with Crippen LogP contribution >= 0.6 is 0 Å². The molecule has 1 amide bonds. The highest BCUT2D eigenvalue weighted by atomic mass is 16.2. The van der Waals surface area contributed by atoms with Gasteiger partial charge in [-0.1, -0.05) is 24.3 Å². The van der Waals surface area contributed by atoms with Crippen molar-refractivity contribution < 1.29 is 4.79 Å². The fourth-order valence-corrected chi connectivity index (χ4v) is 2.20. The molecule has 0 bridgehead atoms. The number of carbonyl (C=O) groups is 1. The van der Waals surface area contributed by atoms with Gasteiger partial charge in [0.1, 0.15) is 0 Å². The highest BCUT2D eigenvalue weighted by Crippen LogP contribution is 2.26.